The molecule has 178 valence electrons. The number of rotatable bonds is 5. The van der Waals surface area contributed by atoms with E-state index in [0.717, 1.165) is 54.4 Å². The Hall–Kier alpha value is -1.14. The van der Waals surface area contributed by atoms with Crippen LogP contribution < -0.4 is 0 Å². The van der Waals surface area contributed by atoms with Crippen molar-refractivity contribution in [2.45, 2.75) is 104 Å². The van der Waals surface area contributed by atoms with E-state index in [1.165, 1.54) is 56.9 Å². The van der Waals surface area contributed by atoms with Gasteiger partial charge in [-0.3, -0.25) is 4.68 Å². The lowest BCUT2D eigenvalue weighted by Gasteiger charge is -2.41. The van der Waals surface area contributed by atoms with E-state index in [9.17, 15) is 0 Å². The summed E-state index contributed by atoms with van der Waals surface area (Å²) in [6, 6.07) is 0. The van der Waals surface area contributed by atoms with Crippen LogP contribution in [0, 0.1) is 11.3 Å². The number of nitrogens with zero attached hydrogens (tertiary/aromatic N) is 4. The number of aromatic nitrogens is 4. The second kappa shape index (κ2) is 10.0. The number of fused-ring (bicyclic) bond motifs is 1. The van der Waals surface area contributed by atoms with Gasteiger partial charge >= 0.3 is 0 Å². The highest BCUT2D eigenvalue weighted by molar-refractivity contribution is 9.10. The molecule has 0 amide bonds. The molecular weight excluding hydrogens is 464 g/mol. The summed E-state index contributed by atoms with van der Waals surface area (Å²) in [7, 11) is 0. The lowest BCUT2D eigenvalue weighted by molar-refractivity contribution is 0.101. The lowest BCUT2D eigenvalue weighted by Crippen LogP contribution is -2.37. The second-order valence-electron chi connectivity index (χ2n) is 11.3. The van der Waals surface area contributed by atoms with Gasteiger partial charge in [0.15, 0.2) is 0 Å². The van der Waals surface area contributed by atoms with Crippen LogP contribution in [0.25, 0.3) is 5.69 Å². The SMILES string of the molecule is CC(C)(CC(C)(C)n1cc(-n2nc3c(c2Br)CCOCC3)cn1)C1CCCCCCCC1. The van der Waals surface area contributed by atoms with Gasteiger partial charge in [0.25, 0.3) is 0 Å². The lowest BCUT2D eigenvalue weighted by atomic mass is 9.68. The minimum Gasteiger partial charge on any atom is -0.381 e. The van der Waals surface area contributed by atoms with Crippen molar-refractivity contribution in [1.29, 1.82) is 0 Å². The molecule has 1 fully saturated rings. The Morgan fingerprint density at radius 1 is 1.00 bits per heavy atom. The maximum absolute atomic E-state index is 5.62. The molecule has 0 atom stereocenters. The summed E-state index contributed by atoms with van der Waals surface area (Å²) in [6.07, 6.45) is 18.2. The summed E-state index contributed by atoms with van der Waals surface area (Å²) in [6.45, 7) is 11.2. The monoisotopic (exact) mass is 504 g/mol. The minimum atomic E-state index is -0.0508. The van der Waals surface area contributed by atoms with Gasteiger partial charge in [0, 0.05) is 18.4 Å². The fourth-order valence-electron chi connectivity index (χ4n) is 6.04. The predicted molar refractivity (Wildman–Crippen MR) is 133 cm³/mol. The van der Waals surface area contributed by atoms with Gasteiger partial charge < -0.3 is 4.74 Å². The Morgan fingerprint density at radius 2 is 1.66 bits per heavy atom. The Balaban J connectivity index is 1.51. The first kappa shape index (κ1) is 24.0. The summed E-state index contributed by atoms with van der Waals surface area (Å²) < 4.78 is 10.8. The maximum Gasteiger partial charge on any atom is 0.113 e. The van der Waals surface area contributed by atoms with Crippen LogP contribution in [-0.4, -0.2) is 32.8 Å². The molecule has 0 N–H and O–H groups in total. The van der Waals surface area contributed by atoms with E-state index in [-0.39, 0.29) is 5.54 Å². The molecule has 2 aliphatic rings. The molecule has 0 radical (unpaired) electrons. The highest BCUT2D eigenvalue weighted by atomic mass is 79.9. The van der Waals surface area contributed by atoms with Crippen molar-refractivity contribution < 1.29 is 4.74 Å². The molecule has 32 heavy (non-hydrogen) atoms. The molecule has 0 unspecified atom stereocenters. The Bertz CT molecular complexity index is 888. The van der Waals surface area contributed by atoms with E-state index < -0.39 is 0 Å². The second-order valence-corrected chi connectivity index (χ2v) is 12.0. The zero-order chi connectivity index (χ0) is 22.8. The molecule has 0 spiro atoms. The average molecular weight is 506 g/mol. The zero-order valence-electron chi connectivity index (χ0n) is 20.5. The molecule has 1 saturated carbocycles. The molecule has 3 heterocycles. The van der Waals surface area contributed by atoms with Crippen molar-refractivity contribution in [3.63, 3.8) is 0 Å². The first-order valence-corrected chi connectivity index (χ1v) is 13.5. The van der Waals surface area contributed by atoms with E-state index in [1.54, 1.807) is 0 Å². The normalized spacial score (nSPS) is 19.7. The summed E-state index contributed by atoms with van der Waals surface area (Å²) in [5, 5.41) is 9.71. The molecule has 1 aliphatic carbocycles. The smallest absolute Gasteiger partial charge is 0.113 e. The zero-order valence-corrected chi connectivity index (χ0v) is 22.1. The first-order chi connectivity index (χ1) is 15.3. The van der Waals surface area contributed by atoms with Crippen molar-refractivity contribution in [2.75, 3.05) is 13.2 Å². The van der Waals surface area contributed by atoms with Crippen molar-refractivity contribution in [3.8, 4) is 5.69 Å². The quantitative estimate of drug-likeness (QED) is 0.447. The summed E-state index contributed by atoms with van der Waals surface area (Å²) >= 11 is 3.80. The minimum absolute atomic E-state index is 0.0508. The standard InChI is InChI=1S/C26H41BrN4O/c1-25(2,20-11-9-7-5-6-8-10-12-20)19-26(3,4)30-18-21(17-28-30)31-24(27)22-13-15-32-16-14-23(22)29-31/h17-18,20H,5-16,19H2,1-4H3. The van der Waals surface area contributed by atoms with Crippen molar-refractivity contribution in [1.82, 2.24) is 19.6 Å². The van der Waals surface area contributed by atoms with Gasteiger partial charge in [0.05, 0.1) is 36.8 Å². The van der Waals surface area contributed by atoms with Gasteiger partial charge in [-0.25, -0.2) is 4.68 Å². The van der Waals surface area contributed by atoms with Crippen LogP contribution in [0.5, 0.6) is 0 Å². The number of hydrogen-bond acceptors (Lipinski definition) is 3. The topological polar surface area (TPSA) is 44.9 Å². The van der Waals surface area contributed by atoms with Crippen LogP contribution in [0.3, 0.4) is 0 Å². The number of hydrogen-bond donors (Lipinski definition) is 0. The predicted octanol–water partition coefficient (Wildman–Crippen LogP) is 6.85. The number of halogens is 1. The third-order valence-electron chi connectivity index (χ3n) is 7.77. The molecule has 2 aromatic rings. The molecule has 2 aromatic heterocycles. The first-order valence-electron chi connectivity index (χ1n) is 12.7. The van der Waals surface area contributed by atoms with Gasteiger partial charge in [0.2, 0.25) is 0 Å². The Labute approximate surface area is 202 Å². The van der Waals surface area contributed by atoms with Gasteiger partial charge in [0.1, 0.15) is 10.3 Å². The van der Waals surface area contributed by atoms with Crippen LogP contribution in [0.15, 0.2) is 17.0 Å². The third-order valence-corrected chi connectivity index (χ3v) is 8.58. The van der Waals surface area contributed by atoms with Gasteiger partial charge in [-0.15, -0.1) is 0 Å². The molecule has 5 nitrogen and oxygen atoms in total. The summed E-state index contributed by atoms with van der Waals surface area (Å²) in [4.78, 5) is 0. The molecule has 1 aliphatic heterocycles. The van der Waals surface area contributed by atoms with E-state index in [2.05, 4.69) is 54.5 Å². The van der Waals surface area contributed by atoms with E-state index in [0.29, 0.717) is 5.41 Å². The van der Waals surface area contributed by atoms with Crippen LogP contribution in [0.1, 0.15) is 96.7 Å². The van der Waals surface area contributed by atoms with Gasteiger partial charge in [-0.2, -0.15) is 10.2 Å². The van der Waals surface area contributed by atoms with Crippen LogP contribution >= 0.6 is 15.9 Å². The highest BCUT2D eigenvalue weighted by Gasteiger charge is 2.36. The Kier molecular flexibility index (Phi) is 7.50. The van der Waals surface area contributed by atoms with Crippen LogP contribution in [-0.2, 0) is 23.1 Å². The largest absolute Gasteiger partial charge is 0.381 e. The van der Waals surface area contributed by atoms with Crippen molar-refractivity contribution >= 4 is 15.9 Å². The fourth-order valence-corrected chi connectivity index (χ4v) is 6.76. The molecule has 0 bridgehead atoms. The summed E-state index contributed by atoms with van der Waals surface area (Å²) in [5.41, 5.74) is 3.69. The van der Waals surface area contributed by atoms with Crippen LogP contribution in [0.2, 0.25) is 0 Å². The number of ether oxygens (including phenoxy) is 1. The van der Waals surface area contributed by atoms with E-state index >= 15 is 0 Å². The molecule has 6 heteroatoms. The van der Waals surface area contributed by atoms with Crippen molar-refractivity contribution in [2.24, 2.45) is 11.3 Å². The molecule has 0 saturated heterocycles. The van der Waals surface area contributed by atoms with Crippen molar-refractivity contribution in [3.05, 3.63) is 28.3 Å². The Morgan fingerprint density at radius 3 is 2.38 bits per heavy atom. The van der Waals surface area contributed by atoms with Crippen LogP contribution in [0.4, 0.5) is 0 Å². The average Bonchev–Trinajstić information content (AvgIpc) is 3.30. The van der Waals surface area contributed by atoms with Gasteiger partial charge in [-0.1, -0.05) is 52.4 Å². The molecular formula is C26H41BrN4O. The maximum atomic E-state index is 5.62. The molecule has 4 rings (SSSR count). The third kappa shape index (κ3) is 5.32. The molecule has 0 aromatic carbocycles. The fraction of sp³-hybridized carbons (Fsp3) is 0.769. The van der Waals surface area contributed by atoms with E-state index in [4.69, 9.17) is 14.9 Å². The van der Waals surface area contributed by atoms with E-state index in [1.807, 2.05) is 10.9 Å². The highest BCUT2D eigenvalue weighted by Crippen LogP contribution is 2.43. The van der Waals surface area contributed by atoms with Gasteiger partial charge in [-0.05, 0) is 60.4 Å². The summed E-state index contributed by atoms with van der Waals surface area (Å²) in [5.74, 6) is 0.799.